The van der Waals surface area contributed by atoms with Gasteiger partial charge in [0.2, 0.25) is 0 Å². The molecule has 0 aliphatic heterocycles. The van der Waals surface area contributed by atoms with Crippen molar-refractivity contribution in [3.8, 4) is 11.5 Å². The normalized spacial score (nSPS) is 12.0. The highest BCUT2D eigenvalue weighted by molar-refractivity contribution is 7.85. The summed E-state index contributed by atoms with van der Waals surface area (Å²) in [5, 5.41) is 10.1. The number of rotatable bonds is 11. The van der Waals surface area contributed by atoms with Crippen LogP contribution in [-0.4, -0.2) is 61.1 Å². The molecule has 2 aromatic carbocycles. The molecule has 0 bridgehead atoms. The van der Waals surface area contributed by atoms with Crippen LogP contribution in [0.1, 0.15) is 38.3 Å². The summed E-state index contributed by atoms with van der Waals surface area (Å²) >= 11 is 1.02. The number of ether oxygens (including phenoxy) is 2. The van der Waals surface area contributed by atoms with Gasteiger partial charge in [-0.1, -0.05) is 29.5 Å². The molecule has 37 heavy (non-hydrogen) atoms. The van der Waals surface area contributed by atoms with E-state index in [-0.39, 0.29) is 30.4 Å². The van der Waals surface area contributed by atoms with Crippen molar-refractivity contribution in [1.82, 2.24) is 9.88 Å². The average molecular weight is 553 g/mol. The van der Waals surface area contributed by atoms with Gasteiger partial charge in [0.25, 0.3) is 10.1 Å². The minimum absolute atomic E-state index is 0.000736. The van der Waals surface area contributed by atoms with Crippen LogP contribution >= 0.6 is 11.3 Å². The number of carbonyl (C=O) groups is 1. The van der Waals surface area contributed by atoms with E-state index < -0.39 is 21.8 Å². The largest absolute Gasteiger partial charge is 0.506 e. The second-order valence-corrected chi connectivity index (χ2v) is 12.1. The molecule has 0 saturated carbocycles. The molecule has 0 atom stereocenters. The second-order valence-electron chi connectivity index (χ2n) is 9.49. The molecule has 3 aromatic rings. The molecule has 10 nitrogen and oxygen atoms in total. The van der Waals surface area contributed by atoms with Crippen LogP contribution in [0, 0.1) is 0 Å². The molecule has 0 spiro atoms. The maximum atomic E-state index is 13.0. The Hall–Kier alpha value is -3.09. The van der Waals surface area contributed by atoms with Crippen molar-refractivity contribution in [3.05, 3.63) is 57.2 Å². The quantitative estimate of drug-likeness (QED) is 0.269. The summed E-state index contributed by atoms with van der Waals surface area (Å²) in [4.78, 5) is 28.8. The van der Waals surface area contributed by atoms with Crippen LogP contribution in [-0.2, 0) is 32.0 Å². The van der Waals surface area contributed by atoms with E-state index >= 15 is 0 Å². The lowest BCUT2D eigenvalue weighted by molar-refractivity contribution is 0.0235. The molecule has 2 N–H and O–H groups in total. The van der Waals surface area contributed by atoms with Gasteiger partial charge in [0.15, 0.2) is 0 Å². The lowest BCUT2D eigenvalue weighted by Gasteiger charge is -2.27. The van der Waals surface area contributed by atoms with Gasteiger partial charge in [-0.25, -0.2) is 4.79 Å². The smallest absolute Gasteiger partial charge is 0.410 e. The lowest BCUT2D eigenvalue weighted by Crippen LogP contribution is -2.37. The summed E-state index contributed by atoms with van der Waals surface area (Å²) in [6.07, 6.45) is 1.36. The highest BCUT2D eigenvalue weighted by Gasteiger charge is 2.23. The molecule has 1 amide bonds. The highest BCUT2D eigenvalue weighted by atomic mass is 32.2. The molecule has 202 valence electrons. The first-order valence-electron chi connectivity index (χ1n) is 11.7. The molecule has 3 rings (SSSR count). The number of nitrogens with zero attached hydrogens (tertiary/aromatic N) is 1. The summed E-state index contributed by atoms with van der Waals surface area (Å²) in [6.45, 7) is 6.27. The van der Waals surface area contributed by atoms with Crippen molar-refractivity contribution >= 4 is 37.8 Å². The van der Waals surface area contributed by atoms with Crippen molar-refractivity contribution in [2.75, 3.05) is 26.0 Å². The number of phenols is 1. The second kappa shape index (κ2) is 12.0. The number of nitrogens with one attached hydrogen (secondary N) is 1. The van der Waals surface area contributed by atoms with Crippen LogP contribution in [0.2, 0.25) is 0 Å². The number of carbonyl (C=O) groups excluding carboxylic acids is 1. The molecule has 0 radical (unpaired) electrons. The van der Waals surface area contributed by atoms with Crippen LogP contribution < -0.4 is 9.61 Å². The summed E-state index contributed by atoms with van der Waals surface area (Å²) in [5.41, 5.74) is 1.36. The summed E-state index contributed by atoms with van der Waals surface area (Å²) in [5.74, 6) is 0.583. The standard InChI is InChI=1S/C25H32N2O8S2/c1-25(2,3)35-24(30)27(12-11-18-9-10-20(28)21-22(18)36-23(29)26-21)16-17-7-5-8-19(15-17)33-13-6-14-34-37(4,31)32/h5,7-10,15,28H,6,11-14,16H2,1-4H3,(H,26,29). The lowest BCUT2D eigenvalue weighted by atomic mass is 10.1. The number of aromatic nitrogens is 1. The molecule has 12 heteroatoms. The molecule has 0 aliphatic carbocycles. The summed E-state index contributed by atoms with van der Waals surface area (Å²) < 4.78 is 38.8. The van der Waals surface area contributed by atoms with E-state index in [0.717, 1.165) is 28.7 Å². The number of benzene rings is 2. The molecule has 0 aliphatic rings. The first-order valence-corrected chi connectivity index (χ1v) is 14.3. The molecule has 0 saturated heterocycles. The molecular weight excluding hydrogens is 520 g/mol. The van der Waals surface area contributed by atoms with Gasteiger partial charge < -0.3 is 24.5 Å². The van der Waals surface area contributed by atoms with E-state index in [0.29, 0.717) is 35.4 Å². The van der Waals surface area contributed by atoms with E-state index in [1.54, 1.807) is 37.8 Å². The number of hydrogen-bond donors (Lipinski definition) is 2. The van der Waals surface area contributed by atoms with Crippen molar-refractivity contribution in [2.45, 2.75) is 45.8 Å². The molecule has 0 unspecified atom stereocenters. The zero-order valence-corrected chi connectivity index (χ0v) is 22.9. The number of phenolic OH excluding ortho intramolecular Hbond substituents is 1. The van der Waals surface area contributed by atoms with Crippen LogP contribution in [0.5, 0.6) is 11.5 Å². The minimum atomic E-state index is -3.48. The number of thiazole rings is 1. The van der Waals surface area contributed by atoms with Gasteiger partial charge in [-0.05, 0) is 56.5 Å². The van der Waals surface area contributed by atoms with E-state index in [4.69, 9.17) is 13.7 Å². The molecule has 1 heterocycles. The van der Waals surface area contributed by atoms with Crippen LogP contribution in [0.4, 0.5) is 4.79 Å². The fraction of sp³-hybridized carbons (Fsp3) is 0.440. The number of hydrogen-bond acceptors (Lipinski definition) is 9. The molecule has 1 aromatic heterocycles. The summed E-state index contributed by atoms with van der Waals surface area (Å²) in [6, 6.07) is 10.5. The monoisotopic (exact) mass is 552 g/mol. The number of amides is 1. The van der Waals surface area contributed by atoms with Crippen molar-refractivity contribution in [1.29, 1.82) is 0 Å². The maximum Gasteiger partial charge on any atom is 0.410 e. The Kier molecular flexibility index (Phi) is 9.21. The van der Waals surface area contributed by atoms with Gasteiger partial charge in [-0.2, -0.15) is 8.42 Å². The number of fused-ring (bicyclic) bond motifs is 1. The summed E-state index contributed by atoms with van der Waals surface area (Å²) in [7, 11) is -3.48. The average Bonchev–Trinajstić information content (AvgIpc) is 3.18. The van der Waals surface area contributed by atoms with Gasteiger partial charge in [-0.15, -0.1) is 0 Å². The van der Waals surface area contributed by atoms with Gasteiger partial charge in [0.05, 0.1) is 24.2 Å². The first kappa shape index (κ1) is 28.5. The maximum absolute atomic E-state index is 13.0. The van der Waals surface area contributed by atoms with Gasteiger partial charge in [0.1, 0.15) is 22.6 Å². The van der Waals surface area contributed by atoms with E-state index in [1.807, 2.05) is 18.2 Å². The Morgan fingerprint density at radius 1 is 1.16 bits per heavy atom. The number of aromatic amines is 1. The van der Waals surface area contributed by atoms with E-state index in [9.17, 15) is 23.1 Å². The van der Waals surface area contributed by atoms with Crippen molar-refractivity contribution in [3.63, 3.8) is 0 Å². The minimum Gasteiger partial charge on any atom is -0.506 e. The highest BCUT2D eigenvalue weighted by Crippen LogP contribution is 2.28. The zero-order valence-electron chi connectivity index (χ0n) is 21.3. The topological polar surface area (TPSA) is 135 Å². The van der Waals surface area contributed by atoms with E-state index in [1.165, 1.54) is 6.07 Å². The first-order chi connectivity index (χ1) is 17.3. The predicted octanol–water partition coefficient (Wildman–Crippen LogP) is 4.02. The third kappa shape index (κ3) is 9.06. The van der Waals surface area contributed by atoms with Gasteiger partial charge >= 0.3 is 11.0 Å². The molecular formula is C25H32N2O8S2. The van der Waals surface area contributed by atoms with Crippen LogP contribution in [0.15, 0.2) is 41.2 Å². The Balaban J connectivity index is 1.71. The third-order valence-corrected chi connectivity index (χ3v) is 6.62. The predicted molar refractivity (Wildman–Crippen MR) is 142 cm³/mol. The number of aromatic hydroxyl groups is 1. The van der Waals surface area contributed by atoms with Crippen molar-refractivity contribution in [2.24, 2.45) is 0 Å². The Morgan fingerprint density at radius 2 is 1.92 bits per heavy atom. The van der Waals surface area contributed by atoms with Gasteiger partial charge in [-0.3, -0.25) is 8.98 Å². The van der Waals surface area contributed by atoms with Crippen molar-refractivity contribution < 1.29 is 32.0 Å². The molecule has 0 fully saturated rings. The fourth-order valence-electron chi connectivity index (χ4n) is 3.50. The fourth-order valence-corrected chi connectivity index (χ4v) is 4.82. The Bertz CT molecular complexity index is 1390. The van der Waals surface area contributed by atoms with E-state index in [2.05, 4.69) is 4.98 Å². The van der Waals surface area contributed by atoms with Gasteiger partial charge in [0, 0.05) is 19.5 Å². The third-order valence-electron chi connectivity index (χ3n) is 5.07. The van der Waals surface area contributed by atoms with Crippen LogP contribution in [0.25, 0.3) is 10.2 Å². The zero-order chi connectivity index (χ0) is 27.2. The Morgan fingerprint density at radius 3 is 2.62 bits per heavy atom. The number of H-pyrrole nitrogens is 1. The van der Waals surface area contributed by atoms with Crippen LogP contribution in [0.3, 0.4) is 0 Å². The SMILES string of the molecule is CC(C)(C)OC(=O)N(CCc1ccc(O)c2[nH]c(=O)sc12)Cc1cccc(OCCCOS(C)(=O)=O)c1. The Labute approximate surface area is 219 Å².